The molecular weight excluding hydrogens is 294 g/mol. The van der Waals surface area contributed by atoms with E-state index in [1.54, 1.807) is 24.1 Å². The number of aromatic nitrogens is 2. The number of fused-ring (bicyclic) bond motifs is 1. The van der Waals surface area contributed by atoms with Crippen molar-refractivity contribution in [1.29, 1.82) is 0 Å². The van der Waals surface area contributed by atoms with Gasteiger partial charge in [0.05, 0.1) is 22.7 Å². The second-order valence-corrected chi connectivity index (χ2v) is 6.61. The second kappa shape index (κ2) is 4.81. The van der Waals surface area contributed by atoms with E-state index in [0.29, 0.717) is 18.5 Å². The molecule has 1 amide bonds. The van der Waals surface area contributed by atoms with Gasteiger partial charge in [-0.1, -0.05) is 0 Å². The van der Waals surface area contributed by atoms with Gasteiger partial charge in [-0.25, -0.2) is 0 Å². The number of hydrogen-bond acceptors (Lipinski definition) is 4. The molecule has 1 saturated heterocycles. The van der Waals surface area contributed by atoms with Gasteiger partial charge in [0.1, 0.15) is 0 Å². The van der Waals surface area contributed by atoms with Crippen molar-refractivity contribution in [2.24, 2.45) is 0 Å². The van der Waals surface area contributed by atoms with Gasteiger partial charge in [0.2, 0.25) is 5.91 Å². The summed E-state index contributed by atoms with van der Waals surface area (Å²) in [6.07, 6.45) is 2.39. The summed E-state index contributed by atoms with van der Waals surface area (Å²) in [7, 11) is -4.21. The Morgan fingerprint density at radius 1 is 1.43 bits per heavy atom. The minimum atomic E-state index is -4.21. The van der Waals surface area contributed by atoms with E-state index < -0.39 is 10.1 Å². The van der Waals surface area contributed by atoms with Gasteiger partial charge >= 0.3 is 0 Å². The summed E-state index contributed by atoms with van der Waals surface area (Å²) < 4.78 is 33.2. The zero-order valence-electron chi connectivity index (χ0n) is 11.4. The Morgan fingerprint density at radius 2 is 2.19 bits per heavy atom. The number of amides is 1. The predicted molar refractivity (Wildman–Crippen MR) is 75.5 cm³/mol. The van der Waals surface area contributed by atoms with Gasteiger partial charge in [0.25, 0.3) is 10.1 Å². The summed E-state index contributed by atoms with van der Waals surface area (Å²) in [5.74, 6) is 0.0441. The number of rotatable bonds is 2. The lowest BCUT2D eigenvalue weighted by Crippen LogP contribution is -2.26. The zero-order chi connectivity index (χ0) is 15.2. The van der Waals surface area contributed by atoms with Crippen LogP contribution in [0.15, 0.2) is 29.3 Å². The van der Waals surface area contributed by atoms with Crippen LogP contribution in [0.2, 0.25) is 0 Å². The molecule has 1 atom stereocenters. The molecule has 0 aliphatic carbocycles. The van der Waals surface area contributed by atoms with Crippen LogP contribution in [-0.4, -0.2) is 46.6 Å². The zero-order valence-corrected chi connectivity index (χ0v) is 12.2. The molecule has 21 heavy (non-hydrogen) atoms. The van der Waals surface area contributed by atoms with Crippen molar-refractivity contribution in [1.82, 2.24) is 14.7 Å². The summed E-state index contributed by atoms with van der Waals surface area (Å²) in [6.45, 7) is 2.85. The minimum Gasteiger partial charge on any atom is -0.341 e. The maximum atomic E-state index is 11.4. The van der Waals surface area contributed by atoms with Crippen LogP contribution in [0.1, 0.15) is 19.4 Å². The molecule has 1 aliphatic rings. The molecule has 2 aromatic rings. The SMILES string of the molecule is CC(=O)N1CCC(n2ncc3cc(S(=O)(=O)O)ccc32)C1. The maximum Gasteiger partial charge on any atom is 0.294 e. The van der Waals surface area contributed by atoms with Crippen molar-refractivity contribution in [3.8, 4) is 0 Å². The standard InChI is InChI=1S/C13H15N3O4S/c1-9(17)15-5-4-11(8-15)16-13-3-2-12(21(18,19)20)6-10(13)7-14-16/h2-3,6-7,11H,4-5,8H2,1H3,(H,18,19,20). The van der Waals surface area contributed by atoms with Crippen molar-refractivity contribution in [2.45, 2.75) is 24.3 Å². The van der Waals surface area contributed by atoms with E-state index in [-0.39, 0.29) is 16.8 Å². The first kappa shape index (κ1) is 14.0. The number of benzene rings is 1. The third-order valence-electron chi connectivity index (χ3n) is 3.82. The van der Waals surface area contributed by atoms with Gasteiger partial charge in [-0.2, -0.15) is 13.5 Å². The van der Waals surface area contributed by atoms with Gasteiger partial charge in [-0.15, -0.1) is 0 Å². The summed E-state index contributed by atoms with van der Waals surface area (Å²) in [6, 6.07) is 4.46. The number of likely N-dealkylation sites (tertiary alicyclic amines) is 1. The van der Waals surface area contributed by atoms with E-state index in [2.05, 4.69) is 5.10 Å². The molecule has 1 aromatic carbocycles. The van der Waals surface area contributed by atoms with Crippen LogP contribution in [0.5, 0.6) is 0 Å². The molecule has 0 spiro atoms. The maximum absolute atomic E-state index is 11.4. The predicted octanol–water partition coefficient (Wildman–Crippen LogP) is 1.08. The van der Waals surface area contributed by atoms with Crippen LogP contribution >= 0.6 is 0 Å². The Bertz CT molecular complexity index is 812. The quantitative estimate of drug-likeness (QED) is 0.838. The van der Waals surface area contributed by atoms with Crippen LogP contribution in [0.25, 0.3) is 10.9 Å². The molecule has 112 valence electrons. The first-order valence-electron chi connectivity index (χ1n) is 6.56. The molecule has 1 N–H and O–H groups in total. The highest BCUT2D eigenvalue weighted by Gasteiger charge is 2.27. The Hall–Kier alpha value is -1.93. The smallest absolute Gasteiger partial charge is 0.294 e. The van der Waals surface area contributed by atoms with Crippen molar-refractivity contribution >= 4 is 26.9 Å². The van der Waals surface area contributed by atoms with Gasteiger partial charge in [-0.3, -0.25) is 14.0 Å². The van der Waals surface area contributed by atoms with E-state index in [1.165, 1.54) is 12.1 Å². The fraction of sp³-hybridized carbons (Fsp3) is 0.385. The van der Waals surface area contributed by atoms with Crippen molar-refractivity contribution < 1.29 is 17.8 Å². The molecular formula is C13H15N3O4S. The largest absolute Gasteiger partial charge is 0.341 e. The Morgan fingerprint density at radius 3 is 2.81 bits per heavy atom. The summed E-state index contributed by atoms with van der Waals surface area (Å²) in [5, 5.41) is 4.94. The molecule has 1 fully saturated rings. The first-order chi connectivity index (χ1) is 9.86. The average molecular weight is 309 g/mol. The van der Waals surface area contributed by atoms with E-state index in [9.17, 15) is 13.2 Å². The third-order valence-corrected chi connectivity index (χ3v) is 4.67. The van der Waals surface area contributed by atoms with Crippen LogP contribution in [0.4, 0.5) is 0 Å². The number of hydrogen-bond donors (Lipinski definition) is 1. The highest BCUT2D eigenvalue weighted by Crippen LogP contribution is 2.26. The lowest BCUT2D eigenvalue weighted by Gasteiger charge is -2.15. The normalized spacial score (nSPS) is 19.3. The minimum absolute atomic E-state index is 0.0441. The molecule has 7 nitrogen and oxygen atoms in total. The molecule has 0 radical (unpaired) electrons. The van der Waals surface area contributed by atoms with Crippen molar-refractivity contribution in [2.75, 3.05) is 13.1 Å². The van der Waals surface area contributed by atoms with Crippen LogP contribution in [-0.2, 0) is 14.9 Å². The monoisotopic (exact) mass is 309 g/mol. The lowest BCUT2D eigenvalue weighted by atomic mass is 10.2. The van der Waals surface area contributed by atoms with E-state index >= 15 is 0 Å². The molecule has 1 aromatic heterocycles. The molecule has 1 unspecified atom stereocenters. The highest BCUT2D eigenvalue weighted by atomic mass is 32.2. The lowest BCUT2D eigenvalue weighted by molar-refractivity contribution is -0.127. The fourth-order valence-electron chi connectivity index (χ4n) is 2.71. The molecule has 2 heterocycles. The first-order valence-corrected chi connectivity index (χ1v) is 8.00. The number of carbonyl (C=O) groups is 1. The van der Waals surface area contributed by atoms with Crippen LogP contribution in [0.3, 0.4) is 0 Å². The molecule has 8 heteroatoms. The van der Waals surface area contributed by atoms with Crippen molar-refractivity contribution in [3.63, 3.8) is 0 Å². The van der Waals surface area contributed by atoms with Crippen LogP contribution in [0, 0.1) is 0 Å². The van der Waals surface area contributed by atoms with E-state index in [4.69, 9.17) is 4.55 Å². The number of nitrogens with zero attached hydrogens (tertiary/aromatic N) is 3. The van der Waals surface area contributed by atoms with Gasteiger partial charge in [0, 0.05) is 25.4 Å². The molecule has 3 rings (SSSR count). The molecule has 0 bridgehead atoms. The van der Waals surface area contributed by atoms with Crippen LogP contribution < -0.4 is 0 Å². The number of carbonyl (C=O) groups excluding carboxylic acids is 1. The Balaban J connectivity index is 1.97. The fourth-order valence-corrected chi connectivity index (χ4v) is 3.23. The summed E-state index contributed by atoms with van der Waals surface area (Å²) in [5.41, 5.74) is 0.790. The van der Waals surface area contributed by atoms with Gasteiger partial charge in [0.15, 0.2) is 0 Å². The third kappa shape index (κ3) is 2.52. The van der Waals surface area contributed by atoms with E-state index in [0.717, 1.165) is 11.9 Å². The summed E-state index contributed by atoms with van der Waals surface area (Å²) in [4.78, 5) is 13.0. The average Bonchev–Trinajstić information content (AvgIpc) is 3.03. The summed E-state index contributed by atoms with van der Waals surface area (Å²) >= 11 is 0. The topological polar surface area (TPSA) is 92.5 Å². The second-order valence-electron chi connectivity index (χ2n) is 5.19. The Labute approximate surface area is 121 Å². The molecule has 1 aliphatic heterocycles. The van der Waals surface area contributed by atoms with E-state index in [1.807, 2.05) is 4.68 Å². The molecule has 0 saturated carbocycles. The van der Waals surface area contributed by atoms with Crippen molar-refractivity contribution in [3.05, 3.63) is 24.4 Å². The highest BCUT2D eigenvalue weighted by molar-refractivity contribution is 7.85. The van der Waals surface area contributed by atoms with Gasteiger partial charge in [-0.05, 0) is 24.6 Å². The van der Waals surface area contributed by atoms with Gasteiger partial charge < -0.3 is 4.90 Å². The Kier molecular flexibility index (Phi) is 3.22.